The molecular formula is C24H42N12O3Zn2. The molecule has 9 N–H and O–H groups in total. The second kappa shape index (κ2) is 23.8. The maximum absolute atomic E-state index is 11.3. The monoisotopic (exact) mass is 674 g/mol. The molecule has 3 aromatic rings. The van der Waals surface area contributed by atoms with E-state index in [1.807, 2.05) is 0 Å². The van der Waals surface area contributed by atoms with Crippen molar-refractivity contribution in [3.63, 3.8) is 0 Å². The number of carbonyl (C=O) groups is 3. The van der Waals surface area contributed by atoms with Gasteiger partial charge in [-0.05, 0) is 21.1 Å². The molecule has 15 nitrogen and oxygen atoms in total. The molecule has 0 aromatic carbocycles. The van der Waals surface area contributed by atoms with E-state index in [9.17, 15) is 14.4 Å². The summed E-state index contributed by atoms with van der Waals surface area (Å²) in [5, 5.41) is 16.5. The Morgan fingerprint density at radius 1 is 0.561 bits per heavy atom. The molecule has 220 valence electrons. The average molecular weight is 677 g/mol. The van der Waals surface area contributed by atoms with Gasteiger partial charge in [-0.15, -0.1) is 0 Å². The Hall–Kier alpha value is -2.83. The fourth-order valence-electron chi connectivity index (χ4n) is 3.31. The molecule has 0 aliphatic rings. The quantitative estimate of drug-likeness (QED) is 0.0957. The van der Waals surface area contributed by atoms with Gasteiger partial charge in [-0.3, -0.25) is 14.4 Å². The largest absolute Gasteiger partial charge is 0.358 e. The van der Waals surface area contributed by atoms with Gasteiger partial charge in [0.05, 0.1) is 18.1 Å². The fourth-order valence-corrected chi connectivity index (χ4v) is 3.31. The summed E-state index contributed by atoms with van der Waals surface area (Å²) in [5.74, 6) is 2.34. The van der Waals surface area contributed by atoms with Crippen molar-refractivity contribution < 1.29 is 53.3 Å². The number of H-pyrrole nitrogens is 3. The number of aromatic nitrogens is 6. The third-order valence-corrected chi connectivity index (χ3v) is 5.59. The van der Waals surface area contributed by atoms with Crippen LogP contribution in [0.4, 0.5) is 0 Å². The number of carbonyl (C=O) groups excluding carboxylic acids is 3. The molecule has 0 bridgehead atoms. The van der Waals surface area contributed by atoms with E-state index in [2.05, 4.69) is 61.8 Å². The van der Waals surface area contributed by atoms with E-state index >= 15 is 0 Å². The minimum atomic E-state index is -0.226. The van der Waals surface area contributed by atoms with Crippen molar-refractivity contribution in [1.29, 1.82) is 0 Å². The normalized spacial score (nSPS) is 11.9. The molecule has 0 spiro atoms. The summed E-state index contributed by atoms with van der Waals surface area (Å²) in [6.07, 6.45) is 12.0. The number of amides is 3. The Bertz CT molecular complexity index is 917. The van der Waals surface area contributed by atoms with Crippen molar-refractivity contribution >= 4 is 17.7 Å². The number of hydrogen-bond acceptors (Lipinski definition) is 9. The van der Waals surface area contributed by atoms with Gasteiger partial charge in [-0.2, -0.15) is 0 Å². The van der Waals surface area contributed by atoms with Gasteiger partial charge in [0, 0.05) is 117 Å². The zero-order chi connectivity index (χ0) is 29.0. The van der Waals surface area contributed by atoms with Crippen molar-refractivity contribution in [3.05, 3.63) is 54.7 Å². The Morgan fingerprint density at radius 2 is 0.805 bits per heavy atom. The van der Waals surface area contributed by atoms with Crippen molar-refractivity contribution in [2.75, 3.05) is 42.3 Å². The molecule has 3 amide bonds. The van der Waals surface area contributed by atoms with Crippen LogP contribution in [0.1, 0.15) is 17.5 Å². The molecule has 0 saturated heterocycles. The molecule has 3 heterocycles. The predicted molar refractivity (Wildman–Crippen MR) is 148 cm³/mol. The second-order valence-electron chi connectivity index (χ2n) is 8.09. The number of imidazole rings is 3. The molecule has 41 heavy (non-hydrogen) atoms. The van der Waals surface area contributed by atoms with Crippen LogP contribution in [0.15, 0.2) is 37.2 Å². The van der Waals surface area contributed by atoms with Gasteiger partial charge in [0.2, 0.25) is 17.7 Å². The summed E-state index contributed by atoms with van der Waals surface area (Å²) in [5.41, 5.74) is 0. The molecule has 3 aromatic heterocycles. The predicted octanol–water partition coefficient (Wildman–Crippen LogP) is -2.15. The number of aromatic amines is 3. The molecule has 0 fully saturated rings. The van der Waals surface area contributed by atoms with Crippen LogP contribution in [-0.2, 0) is 72.6 Å². The standard InChI is InChI=1S/3C8H14N4O.2Zn/c3*1-9-6(8(13)10-2)5-7-11-3-4-12-7;;/h3*3-4,6,9H,5H2,1-2H3,(H,10,13)(H,11,12);;/t3*6-;;/m000../s1. The summed E-state index contributed by atoms with van der Waals surface area (Å²) < 4.78 is 0. The van der Waals surface area contributed by atoms with E-state index in [4.69, 9.17) is 0 Å². The summed E-state index contributed by atoms with van der Waals surface area (Å²) in [4.78, 5) is 54.7. The molecule has 0 radical (unpaired) electrons. The third-order valence-electron chi connectivity index (χ3n) is 5.59. The van der Waals surface area contributed by atoms with Crippen LogP contribution >= 0.6 is 0 Å². The first kappa shape index (κ1) is 40.3. The second-order valence-corrected chi connectivity index (χ2v) is 8.09. The number of likely N-dealkylation sites (N-methyl/N-ethyl adjacent to an activating group) is 6. The van der Waals surface area contributed by atoms with Gasteiger partial charge < -0.3 is 46.9 Å². The fraction of sp³-hybridized carbons (Fsp3) is 0.500. The molecule has 17 heteroatoms. The summed E-state index contributed by atoms with van der Waals surface area (Å²) in [7, 11) is 10.1. The van der Waals surface area contributed by atoms with Gasteiger partial charge in [0.1, 0.15) is 17.5 Å². The maximum Gasteiger partial charge on any atom is 0.237 e. The molecule has 0 unspecified atom stereocenters. The Labute approximate surface area is 266 Å². The first-order valence-corrected chi connectivity index (χ1v) is 12.4. The maximum atomic E-state index is 11.3. The Kier molecular flexibility index (Phi) is 23.4. The minimum absolute atomic E-state index is 0. The smallest absolute Gasteiger partial charge is 0.237 e. The molecule has 0 saturated carbocycles. The van der Waals surface area contributed by atoms with Crippen molar-refractivity contribution in [1.82, 2.24) is 61.8 Å². The van der Waals surface area contributed by atoms with Crippen molar-refractivity contribution in [2.45, 2.75) is 37.4 Å². The SMILES string of the molecule is CNC(=O)[C@H](Cc1ncc[nH]1)NC.CNC(=O)[C@H](Cc1ncc[nH]1)NC.CNC(=O)[C@H](Cc1ncc[nH]1)NC.[Zn].[Zn]. The zero-order valence-electron chi connectivity index (χ0n) is 24.8. The Morgan fingerprint density at radius 3 is 0.951 bits per heavy atom. The molecule has 3 rings (SSSR count). The Balaban J connectivity index is 0. The molecule has 0 aliphatic carbocycles. The van der Waals surface area contributed by atoms with E-state index in [0.29, 0.717) is 19.3 Å². The average Bonchev–Trinajstić information content (AvgIpc) is 3.77. The van der Waals surface area contributed by atoms with Crippen LogP contribution in [0.25, 0.3) is 0 Å². The summed E-state index contributed by atoms with van der Waals surface area (Å²) >= 11 is 0. The third kappa shape index (κ3) is 15.7. The van der Waals surface area contributed by atoms with E-state index in [0.717, 1.165) is 17.5 Å². The van der Waals surface area contributed by atoms with Gasteiger partial charge >= 0.3 is 0 Å². The van der Waals surface area contributed by atoms with Crippen LogP contribution in [-0.4, -0.2) is 108 Å². The first-order chi connectivity index (χ1) is 18.8. The molecule has 0 aliphatic heterocycles. The zero-order valence-corrected chi connectivity index (χ0v) is 30.7. The van der Waals surface area contributed by atoms with Crippen LogP contribution < -0.4 is 31.9 Å². The first-order valence-electron chi connectivity index (χ1n) is 12.4. The van der Waals surface area contributed by atoms with Gasteiger partial charge in [-0.1, -0.05) is 0 Å². The van der Waals surface area contributed by atoms with Gasteiger partial charge in [0.15, 0.2) is 0 Å². The minimum Gasteiger partial charge on any atom is -0.358 e. The van der Waals surface area contributed by atoms with E-state index < -0.39 is 0 Å². The molecular weight excluding hydrogens is 635 g/mol. The van der Waals surface area contributed by atoms with Crippen LogP contribution in [0.2, 0.25) is 0 Å². The number of rotatable bonds is 12. The van der Waals surface area contributed by atoms with E-state index in [1.165, 1.54) is 0 Å². The summed E-state index contributed by atoms with van der Waals surface area (Å²) in [6, 6.07) is -0.677. The topological polar surface area (TPSA) is 209 Å². The van der Waals surface area contributed by atoms with Crippen molar-refractivity contribution in [2.24, 2.45) is 0 Å². The molecule has 3 atom stereocenters. The van der Waals surface area contributed by atoms with E-state index in [1.54, 1.807) is 79.5 Å². The van der Waals surface area contributed by atoms with Crippen LogP contribution in [0.3, 0.4) is 0 Å². The van der Waals surface area contributed by atoms with Crippen LogP contribution in [0, 0.1) is 0 Å². The number of hydrogen-bond donors (Lipinski definition) is 9. The van der Waals surface area contributed by atoms with E-state index in [-0.39, 0.29) is 74.8 Å². The van der Waals surface area contributed by atoms with Gasteiger partial charge in [-0.25, -0.2) is 15.0 Å². The summed E-state index contributed by atoms with van der Waals surface area (Å²) in [6.45, 7) is 0. The number of nitrogens with zero attached hydrogens (tertiary/aromatic N) is 3. The van der Waals surface area contributed by atoms with Gasteiger partial charge in [0.25, 0.3) is 0 Å². The van der Waals surface area contributed by atoms with Crippen molar-refractivity contribution in [3.8, 4) is 0 Å². The van der Waals surface area contributed by atoms with Crippen LogP contribution in [0.5, 0.6) is 0 Å². The number of nitrogens with one attached hydrogen (secondary N) is 9.